The number of piperidine rings is 1. The molecule has 0 spiro atoms. The van der Waals surface area contributed by atoms with E-state index in [1.807, 2.05) is 52.9 Å². The van der Waals surface area contributed by atoms with E-state index >= 15 is 0 Å². The summed E-state index contributed by atoms with van der Waals surface area (Å²) in [5.74, 6) is 1.41. The lowest BCUT2D eigenvalue weighted by molar-refractivity contribution is 0.567. The van der Waals surface area contributed by atoms with Crippen LogP contribution in [-0.2, 0) is 6.54 Å². The lowest BCUT2D eigenvalue weighted by Gasteiger charge is -2.26. The summed E-state index contributed by atoms with van der Waals surface area (Å²) in [6.45, 7) is 2.40. The van der Waals surface area contributed by atoms with Gasteiger partial charge in [0, 0.05) is 17.6 Å². The largest absolute Gasteiger partial charge is 0.341 e. The summed E-state index contributed by atoms with van der Waals surface area (Å²) < 4.78 is 4.65. The molecule has 1 saturated heterocycles. The second-order valence-electron chi connectivity index (χ2n) is 7.22. The molecule has 0 atom stereocenters. The molecule has 1 aliphatic heterocycles. The van der Waals surface area contributed by atoms with Crippen LogP contribution in [0.3, 0.4) is 0 Å². The number of nitrogens with zero attached hydrogens (tertiary/aromatic N) is 5. The van der Waals surface area contributed by atoms with Crippen molar-refractivity contribution in [3.63, 3.8) is 0 Å². The van der Waals surface area contributed by atoms with Crippen molar-refractivity contribution in [1.29, 1.82) is 0 Å². The Hall–Kier alpha value is -2.67. The molecule has 1 fully saturated rings. The molecule has 1 aliphatic rings. The molecule has 7 heteroatoms. The van der Waals surface area contributed by atoms with Crippen LogP contribution in [0.1, 0.15) is 24.8 Å². The Kier molecular flexibility index (Phi) is 4.39. The number of rotatable bonds is 3. The fourth-order valence-electron chi connectivity index (χ4n) is 3.98. The van der Waals surface area contributed by atoms with Crippen LogP contribution in [0.5, 0.6) is 0 Å². The molecule has 3 heterocycles. The Morgan fingerprint density at radius 2 is 1.75 bits per heavy atom. The summed E-state index contributed by atoms with van der Waals surface area (Å²) in [5.41, 5.74) is 1.85. The van der Waals surface area contributed by atoms with Gasteiger partial charge in [0.05, 0.1) is 17.4 Å². The predicted molar refractivity (Wildman–Crippen MR) is 114 cm³/mol. The number of hydrogen-bond acceptors (Lipinski definition) is 4. The smallest absolute Gasteiger partial charge is 0.263 e. The molecular formula is C21H20BrN5O. The minimum absolute atomic E-state index is 0.0507. The van der Waals surface area contributed by atoms with Crippen LogP contribution >= 0.6 is 15.9 Å². The molecule has 2 aromatic heterocycles. The monoisotopic (exact) mass is 437 g/mol. The van der Waals surface area contributed by atoms with E-state index in [4.69, 9.17) is 0 Å². The van der Waals surface area contributed by atoms with E-state index in [9.17, 15) is 4.79 Å². The first-order valence-electron chi connectivity index (χ1n) is 9.58. The molecule has 2 aromatic carbocycles. The average Bonchev–Trinajstić information content (AvgIpc) is 3.17. The molecule has 0 aliphatic carbocycles. The van der Waals surface area contributed by atoms with Crippen molar-refractivity contribution < 1.29 is 0 Å². The van der Waals surface area contributed by atoms with Gasteiger partial charge in [0.2, 0.25) is 11.7 Å². The van der Waals surface area contributed by atoms with Crippen LogP contribution in [-0.4, -0.2) is 32.3 Å². The van der Waals surface area contributed by atoms with Gasteiger partial charge < -0.3 is 4.90 Å². The summed E-state index contributed by atoms with van der Waals surface area (Å²) >= 11 is 3.51. The Bertz CT molecular complexity index is 1210. The molecule has 0 amide bonds. The second kappa shape index (κ2) is 7.05. The molecule has 142 valence electrons. The standard InChI is InChI=1S/C21H20BrN5O/c22-16-9-10-18-17(13-16)19(28)26(14-15-7-3-1-4-8-15)21-24-23-20(27(18)21)25-11-5-2-6-12-25/h1,3-4,7-10,13H,2,5-6,11-12,14H2. The quantitative estimate of drug-likeness (QED) is 0.488. The number of benzene rings is 2. The molecule has 0 bridgehead atoms. The van der Waals surface area contributed by atoms with Crippen molar-refractivity contribution in [3.05, 3.63) is 68.9 Å². The first-order chi connectivity index (χ1) is 13.7. The number of fused-ring (bicyclic) bond motifs is 3. The van der Waals surface area contributed by atoms with Gasteiger partial charge in [-0.25, -0.2) is 4.40 Å². The Morgan fingerprint density at radius 1 is 0.964 bits per heavy atom. The maximum absolute atomic E-state index is 13.3. The highest BCUT2D eigenvalue weighted by molar-refractivity contribution is 9.10. The fourth-order valence-corrected chi connectivity index (χ4v) is 4.34. The molecule has 0 saturated carbocycles. The van der Waals surface area contributed by atoms with E-state index in [0.29, 0.717) is 17.7 Å². The molecule has 0 radical (unpaired) electrons. The zero-order valence-electron chi connectivity index (χ0n) is 15.4. The van der Waals surface area contributed by atoms with E-state index < -0.39 is 0 Å². The van der Waals surface area contributed by atoms with Crippen LogP contribution in [0.15, 0.2) is 57.8 Å². The third kappa shape index (κ3) is 2.90. The summed E-state index contributed by atoms with van der Waals surface area (Å²) in [7, 11) is 0. The molecule has 4 aromatic rings. The van der Waals surface area contributed by atoms with Gasteiger partial charge in [-0.2, -0.15) is 0 Å². The Labute approximate surface area is 170 Å². The van der Waals surface area contributed by atoms with Crippen LogP contribution in [0.4, 0.5) is 5.95 Å². The van der Waals surface area contributed by atoms with Crippen molar-refractivity contribution in [1.82, 2.24) is 19.2 Å². The lowest BCUT2D eigenvalue weighted by Crippen LogP contribution is -2.32. The van der Waals surface area contributed by atoms with Crippen molar-refractivity contribution in [3.8, 4) is 0 Å². The SMILES string of the molecule is O=c1c2cc(Br)ccc2n2c(N3CCCCC3)nnc2n1Cc1ccccc1. The van der Waals surface area contributed by atoms with Crippen molar-refractivity contribution >= 4 is 38.6 Å². The summed E-state index contributed by atoms with van der Waals surface area (Å²) in [5, 5.41) is 9.61. The molecule has 28 heavy (non-hydrogen) atoms. The highest BCUT2D eigenvalue weighted by Gasteiger charge is 2.21. The van der Waals surface area contributed by atoms with E-state index in [1.54, 1.807) is 4.57 Å². The van der Waals surface area contributed by atoms with Crippen LogP contribution in [0.25, 0.3) is 16.7 Å². The normalized spacial score (nSPS) is 14.8. The van der Waals surface area contributed by atoms with Gasteiger partial charge in [-0.05, 0) is 43.0 Å². The summed E-state index contributed by atoms with van der Waals surface area (Å²) in [4.78, 5) is 15.6. The van der Waals surface area contributed by atoms with E-state index in [0.717, 1.165) is 47.4 Å². The van der Waals surface area contributed by atoms with Gasteiger partial charge in [0.25, 0.3) is 5.56 Å². The minimum Gasteiger partial charge on any atom is -0.341 e. The number of halogens is 1. The minimum atomic E-state index is -0.0507. The maximum Gasteiger partial charge on any atom is 0.263 e. The summed E-state index contributed by atoms with van der Waals surface area (Å²) in [6.07, 6.45) is 3.56. The van der Waals surface area contributed by atoms with Crippen LogP contribution < -0.4 is 10.5 Å². The molecule has 0 N–H and O–H groups in total. The lowest BCUT2D eigenvalue weighted by atomic mass is 10.1. The predicted octanol–water partition coefficient (Wildman–Crippen LogP) is 3.85. The number of hydrogen-bond donors (Lipinski definition) is 0. The third-order valence-electron chi connectivity index (χ3n) is 5.37. The Morgan fingerprint density at radius 3 is 2.54 bits per heavy atom. The summed E-state index contributed by atoms with van der Waals surface area (Å²) in [6, 6.07) is 15.8. The van der Waals surface area contributed by atoms with Crippen LogP contribution in [0, 0.1) is 0 Å². The molecule has 5 rings (SSSR count). The van der Waals surface area contributed by atoms with Crippen molar-refractivity contribution in [2.75, 3.05) is 18.0 Å². The third-order valence-corrected chi connectivity index (χ3v) is 5.86. The second-order valence-corrected chi connectivity index (χ2v) is 8.14. The van der Waals surface area contributed by atoms with Gasteiger partial charge in [-0.3, -0.25) is 9.36 Å². The zero-order valence-corrected chi connectivity index (χ0v) is 17.0. The number of anilines is 1. The van der Waals surface area contributed by atoms with Crippen molar-refractivity contribution in [2.45, 2.75) is 25.8 Å². The molecule has 0 unspecified atom stereocenters. The first-order valence-corrected chi connectivity index (χ1v) is 10.4. The van der Waals surface area contributed by atoms with Gasteiger partial charge in [0.15, 0.2) is 0 Å². The molecule has 6 nitrogen and oxygen atoms in total. The fraction of sp³-hybridized carbons (Fsp3) is 0.286. The number of aromatic nitrogens is 4. The zero-order chi connectivity index (χ0) is 19.1. The first kappa shape index (κ1) is 17.4. The average molecular weight is 438 g/mol. The van der Waals surface area contributed by atoms with E-state index in [1.165, 1.54) is 6.42 Å². The maximum atomic E-state index is 13.3. The van der Waals surface area contributed by atoms with Gasteiger partial charge in [0.1, 0.15) is 0 Å². The Balaban J connectivity index is 1.79. The molecular weight excluding hydrogens is 418 g/mol. The highest BCUT2D eigenvalue weighted by atomic mass is 79.9. The topological polar surface area (TPSA) is 55.4 Å². The highest BCUT2D eigenvalue weighted by Crippen LogP contribution is 2.25. The van der Waals surface area contributed by atoms with Gasteiger partial charge in [-0.1, -0.05) is 46.3 Å². The van der Waals surface area contributed by atoms with Gasteiger partial charge in [-0.15, -0.1) is 10.2 Å². The van der Waals surface area contributed by atoms with E-state index in [-0.39, 0.29) is 5.56 Å². The van der Waals surface area contributed by atoms with Crippen LogP contribution in [0.2, 0.25) is 0 Å². The van der Waals surface area contributed by atoms with E-state index in [2.05, 4.69) is 31.0 Å². The van der Waals surface area contributed by atoms with Gasteiger partial charge >= 0.3 is 0 Å². The van der Waals surface area contributed by atoms with Crippen molar-refractivity contribution in [2.24, 2.45) is 0 Å².